The molecule has 0 aromatic heterocycles. The van der Waals surface area contributed by atoms with E-state index in [0.29, 0.717) is 28.0 Å². The second-order valence-corrected chi connectivity index (χ2v) is 5.01. The zero-order valence-corrected chi connectivity index (χ0v) is 12.6. The van der Waals surface area contributed by atoms with Gasteiger partial charge >= 0.3 is 0 Å². The lowest BCUT2D eigenvalue weighted by molar-refractivity contribution is 0.102. The topological polar surface area (TPSA) is 64.3 Å². The van der Waals surface area contributed by atoms with Crippen LogP contribution in [0.5, 0.6) is 5.75 Å². The maximum Gasteiger partial charge on any atom is 0.256 e. The van der Waals surface area contributed by atoms with Crippen LogP contribution in [0.3, 0.4) is 0 Å². The van der Waals surface area contributed by atoms with E-state index in [4.69, 9.17) is 10.5 Å². The van der Waals surface area contributed by atoms with Crippen molar-refractivity contribution in [1.29, 1.82) is 0 Å². The van der Waals surface area contributed by atoms with E-state index in [1.807, 2.05) is 19.1 Å². The van der Waals surface area contributed by atoms with Crippen LogP contribution in [0, 0.1) is 0 Å². The molecule has 0 bridgehead atoms. The number of hydrogen-bond acceptors (Lipinski definition) is 3. The van der Waals surface area contributed by atoms with Gasteiger partial charge in [-0.1, -0.05) is 0 Å². The Hall–Kier alpha value is -2.01. The molecule has 0 heterocycles. The average molecular weight is 335 g/mol. The van der Waals surface area contributed by atoms with E-state index in [0.717, 1.165) is 5.75 Å². The molecule has 1 amide bonds. The maximum absolute atomic E-state index is 12.2. The Labute approximate surface area is 126 Å². The summed E-state index contributed by atoms with van der Waals surface area (Å²) in [5, 5.41) is 2.82. The van der Waals surface area contributed by atoms with Gasteiger partial charge in [0.15, 0.2) is 0 Å². The molecule has 0 unspecified atom stereocenters. The number of anilines is 2. The first-order chi connectivity index (χ1) is 9.60. The van der Waals surface area contributed by atoms with Gasteiger partial charge in [-0.05, 0) is 65.3 Å². The summed E-state index contributed by atoms with van der Waals surface area (Å²) in [6.07, 6.45) is 0. The first-order valence-electron chi connectivity index (χ1n) is 6.19. The van der Waals surface area contributed by atoms with E-state index in [-0.39, 0.29) is 5.91 Å². The quantitative estimate of drug-likeness (QED) is 0.838. The molecule has 104 valence electrons. The summed E-state index contributed by atoms with van der Waals surface area (Å²) in [4.78, 5) is 12.2. The lowest BCUT2D eigenvalue weighted by atomic mass is 10.2. The molecule has 0 saturated carbocycles. The van der Waals surface area contributed by atoms with Crippen molar-refractivity contribution in [1.82, 2.24) is 0 Å². The Morgan fingerprint density at radius 1 is 1.25 bits per heavy atom. The van der Waals surface area contributed by atoms with Gasteiger partial charge in [0.1, 0.15) is 5.75 Å². The van der Waals surface area contributed by atoms with Crippen LogP contribution in [0.15, 0.2) is 46.9 Å². The summed E-state index contributed by atoms with van der Waals surface area (Å²) in [6.45, 7) is 2.54. The molecule has 5 heteroatoms. The van der Waals surface area contributed by atoms with E-state index < -0.39 is 0 Å². The highest BCUT2D eigenvalue weighted by Crippen LogP contribution is 2.22. The molecule has 0 aliphatic carbocycles. The summed E-state index contributed by atoms with van der Waals surface area (Å²) in [5.41, 5.74) is 7.44. The Morgan fingerprint density at radius 3 is 2.60 bits per heavy atom. The number of halogens is 1. The standard InChI is InChI=1S/C15H15BrN2O2/c1-2-20-12-6-4-11(5-7-12)18-15(19)13-9-10(17)3-8-14(13)16/h3-9H,2,17H2,1H3,(H,18,19). The van der Waals surface area contributed by atoms with Gasteiger partial charge in [-0.25, -0.2) is 0 Å². The summed E-state index contributed by atoms with van der Waals surface area (Å²) in [6, 6.07) is 12.3. The van der Waals surface area contributed by atoms with Gasteiger partial charge in [-0.3, -0.25) is 4.79 Å². The minimum absolute atomic E-state index is 0.215. The highest BCUT2D eigenvalue weighted by atomic mass is 79.9. The number of rotatable bonds is 4. The van der Waals surface area contributed by atoms with Gasteiger partial charge in [-0.2, -0.15) is 0 Å². The van der Waals surface area contributed by atoms with Crippen LogP contribution in [0.25, 0.3) is 0 Å². The number of carbonyl (C=O) groups excluding carboxylic acids is 1. The number of ether oxygens (including phenoxy) is 1. The molecule has 2 aromatic carbocycles. The zero-order chi connectivity index (χ0) is 14.5. The minimum Gasteiger partial charge on any atom is -0.494 e. The summed E-state index contributed by atoms with van der Waals surface area (Å²) in [5.74, 6) is 0.559. The van der Waals surface area contributed by atoms with E-state index in [1.54, 1.807) is 30.3 Å². The molecule has 0 aliphatic rings. The van der Waals surface area contributed by atoms with Crippen molar-refractivity contribution in [2.45, 2.75) is 6.92 Å². The third-order valence-electron chi connectivity index (χ3n) is 2.66. The number of carbonyl (C=O) groups is 1. The molecule has 20 heavy (non-hydrogen) atoms. The predicted molar refractivity (Wildman–Crippen MR) is 84.1 cm³/mol. The Kier molecular flexibility index (Phi) is 4.63. The Morgan fingerprint density at radius 2 is 1.95 bits per heavy atom. The largest absolute Gasteiger partial charge is 0.494 e. The molecular weight excluding hydrogens is 320 g/mol. The number of nitrogens with one attached hydrogen (secondary N) is 1. The van der Waals surface area contributed by atoms with Gasteiger partial charge in [0.25, 0.3) is 5.91 Å². The molecule has 0 fully saturated rings. The Bertz CT molecular complexity index is 612. The van der Waals surface area contributed by atoms with Crippen molar-refractivity contribution in [3.05, 3.63) is 52.5 Å². The lowest BCUT2D eigenvalue weighted by Gasteiger charge is -2.09. The molecule has 3 N–H and O–H groups in total. The molecule has 4 nitrogen and oxygen atoms in total. The van der Waals surface area contributed by atoms with Gasteiger partial charge in [0, 0.05) is 15.8 Å². The molecule has 0 spiro atoms. The van der Waals surface area contributed by atoms with Crippen LogP contribution in [0.1, 0.15) is 17.3 Å². The number of amides is 1. The normalized spacial score (nSPS) is 10.1. The zero-order valence-electron chi connectivity index (χ0n) is 11.0. The predicted octanol–water partition coefficient (Wildman–Crippen LogP) is 3.68. The van der Waals surface area contributed by atoms with Gasteiger partial charge in [0.2, 0.25) is 0 Å². The van der Waals surface area contributed by atoms with Crippen LogP contribution in [0.4, 0.5) is 11.4 Å². The van der Waals surface area contributed by atoms with Crippen molar-refractivity contribution in [2.24, 2.45) is 0 Å². The van der Waals surface area contributed by atoms with Gasteiger partial charge in [0.05, 0.1) is 12.2 Å². The van der Waals surface area contributed by atoms with E-state index in [2.05, 4.69) is 21.2 Å². The fraction of sp³-hybridized carbons (Fsp3) is 0.133. The first kappa shape index (κ1) is 14.4. The molecule has 2 rings (SSSR count). The lowest BCUT2D eigenvalue weighted by Crippen LogP contribution is -2.12. The average Bonchev–Trinajstić information content (AvgIpc) is 2.44. The number of nitrogen functional groups attached to an aromatic ring is 1. The smallest absolute Gasteiger partial charge is 0.256 e. The third kappa shape index (κ3) is 3.51. The number of hydrogen-bond donors (Lipinski definition) is 2. The van der Waals surface area contributed by atoms with E-state index >= 15 is 0 Å². The van der Waals surface area contributed by atoms with Crippen molar-refractivity contribution in [2.75, 3.05) is 17.7 Å². The van der Waals surface area contributed by atoms with Crippen molar-refractivity contribution >= 4 is 33.2 Å². The molecular formula is C15H15BrN2O2. The number of nitrogens with two attached hydrogens (primary N) is 1. The van der Waals surface area contributed by atoms with Crippen LogP contribution in [-0.4, -0.2) is 12.5 Å². The number of benzene rings is 2. The van der Waals surface area contributed by atoms with E-state index in [1.165, 1.54) is 0 Å². The fourth-order valence-corrected chi connectivity index (χ4v) is 2.14. The second kappa shape index (κ2) is 6.43. The van der Waals surface area contributed by atoms with Crippen molar-refractivity contribution < 1.29 is 9.53 Å². The second-order valence-electron chi connectivity index (χ2n) is 4.15. The minimum atomic E-state index is -0.215. The monoisotopic (exact) mass is 334 g/mol. The Balaban J connectivity index is 2.13. The highest BCUT2D eigenvalue weighted by molar-refractivity contribution is 9.10. The summed E-state index contributed by atoms with van der Waals surface area (Å²) < 4.78 is 6.05. The van der Waals surface area contributed by atoms with Crippen molar-refractivity contribution in [3.63, 3.8) is 0 Å². The van der Waals surface area contributed by atoms with Gasteiger partial charge in [-0.15, -0.1) is 0 Å². The first-order valence-corrected chi connectivity index (χ1v) is 6.98. The molecule has 0 aliphatic heterocycles. The molecule has 2 aromatic rings. The maximum atomic E-state index is 12.2. The van der Waals surface area contributed by atoms with Crippen LogP contribution >= 0.6 is 15.9 Å². The van der Waals surface area contributed by atoms with Gasteiger partial charge < -0.3 is 15.8 Å². The SMILES string of the molecule is CCOc1ccc(NC(=O)c2cc(N)ccc2Br)cc1. The van der Waals surface area contributed by atoms with Crippen LogP contribution in [-0.2, 0) is 0 Å². The third-order valence-corrected chi connectivity index (χ3v) is 3.35. The van der Waals surface area contributed by atoms with Crippen LogP contribution in [0.2, 0.25) is 0 Å². The molecule has 0 radical (unpaired) electrons. The van der Waals surface area contributed by atoms with E-state index in [9.17, 15) is 4.79 Å². The fourth-order valence-electron chi connectivity index (χ4n) is 1.72. The van der Waals surface area contributed by atoms with Crippen molar-refractivity contribution in [3.8, 4) is 5.75 Å². The highest BCUT2D eigenvalue weighted by Gasteiger charge is 2.10. The summed E-state index contributed by atoms with van der Waals surface area (Å²) >= 11 is 3.34. The van der Waals surface area contributed by atoms with Crippen LogP contribution < -0.4 is 15.8 Å². The molecule has 0 saturated heterocycles. The summed E-state index contributed by atoms with van der Waals surface area (Å²) in [7, 11) is 0. The molecule has 0 atom stereocenters.